The Morgan fingerprint density at radius 1 is 0.931 bits per heavy atom. The molecule has 0 radical (unpaired) electrons. The van der Waals surface area contributed by atoms with E-state index in [9.17, 15) is 19.2 Å². The van der Waals surface area contributed by atoms with Crippen molar-refractivity contribution in [2.24, 2.45) is 0 Å². The number of carbonyl (C=O) groups excluding carboxylic acids is 4. The van der Waals surface area contributed by atoms with Crippen LogP contribution in [0.3, 0.4) is 0 Å². The second kappa shape index (κ2) is 10.8. The lowest BCUT2D eigenvalue weighted by molar-refractivity contribution is -0.127. The topological polar surface area (TPSA) is 114 Å². The molecule has 3 N–H and O–H groups in total. The number of rotatable bonds is 8. The van der Waals surface area contributed by atoms with Crippen LogP contribution in [0.1, 0.15) is 27.6 Å². The summed E-state index contributed by atoms with van der Waals surface area (Å²) in [4.78, 5) is 47.7. The first-order chi connectivity index (χ1) is 13.9. The van der Waals surface area contributed by atoms with Crippen LogP contribution in [-0.2, 0) is 14.3 Å². The third kappa shape index (κ3) is 6.93. The molecule has 3 amide bonds. The van der Waals surface area contributed by atoms with Crippen molar-refractivity contribution in [1.29, 1.82) is 0 Å². The van der Waals surface area contributed by atoms with Gasteiger partial charge in [-0.3, -0.25) is 14.4 Å². The van der Waals surface area contributed by atoms with Crippen molar-refractivity contribution in [3.63, 3.8) is 0 Å². The Morgan fingerprint density at radius 2 is 1.62 bits per heavy atom. The molecular formula is C20H20ClN3O5. The normalized spacial score (nSPS) is 10.0. The Labute approximate surface area is 172 Å². The third-order valence-electron chi connectivity index (χ3n) is 3.66. The van der Waals surface area contributed by atoms with Crippen LogP contribution in [-0.4, -0.2) is 43.4 Å². The van der Waals surface area contributed by atoms with Crippen molar-refractivity contribution in [3.05, 3.63) is 64.7 Å². The maximum atomic E-state index is 12.4. The van der Waals surface area contributed by atoms with Crippen molar-refractivity contribution < 1.29 is 23.9 Å². The van der Waals surface area contributed by atoms with Gasteiger partial charge in [-0.15, -0.1) is 0 Å². The average Bonchev–Trinajstić information content (AvgIpc) is 2.71. The summed E-state index contributed by atoms with van der Waals surface area (Å²) >= 11 is 5.81. The molecule has 0 heterocycles. The number of ether oxygens (including phenoxy) is 1. The molecule has 0 aliphatic carbocycles. The van der Waals surface area contributed by atoms with E-state index in [0.29, 0.717) is 17.1 Å². The number of hydrogen-bond acceptors (Lipinski definition) is 5. The quantitative estimate of drug-likeness (QED) is 0.568. The number of amides is 3. The highest BCUT2D eigenvalue weighted by molar-refractivity contribution is 6.30. The van der Waals surface area contributed by atoms with Crippen LogP contribution in [0.5, 0.6) is 0 Å². The van der Waals surface area contributed by atoms with Crippen molar-refractivity contribution in [2.75, 3.05) is 25.0 Å². The fourth-order valence-electron chi connectivity index (χ4n) is 2.26. The molecule has 0 aliphatic heterocycles. The second-order valence-corrected chi connectivity index (χ2v) is 6.25. The monoisotopic (exact) mass is 417 g/mol. The highest BCUT2D eigenvalue weighted by Gasteiger charge is 2.16. The number of anilines is 1. The third-order valence-corrected chi connectivity index (χ3v) is 3.91. The first-order valence-corrected chi connectivity index (χ1v) is 9.15. The summed E-state index contributed by atoms with van der Waals surface area (Å²) in [6, 6.07) is 12.5. The summed E-state index contributed by atoms with van der Waals surface area (Å²) in [7, 11) is 0. The predicted molar refractivity (Wildman–Crippen MR) is 108 cm³/mol. The fraction of sp³-hybridized carbons (Fsp3) is 0.200. The predicted octanol–water partition coefficient (Wildman–Crippen LogP) is 2.00. The zero-order valence-corrected chi connectivity index (χ0v) is 16.4. The highest BCUT2D eigenvalue weighted by atomic mass is 35.5. The van der Waals surface area contributed by atoms with Gasteiger partial charge in [0.25, 0.3) is 11.8 Å². The van der Waals surface area contributed by atoms with Crippen molar-refractivity contribution in [3.8, 4) is 0 Å². The minimum absolute atomic E-state index is 0.0892. The Morgan fingerprint density at radius 3 is 2.31 bits per heavy atom. The van der Waals surface area contributed by atoms with E-state index in [4.69, 9.17) is 16.3 Å². The zero-order chi connectivity index (χ0) is 21.2. The van der Waals surface area contributed by atoms with Gasteiger partial charge in [0.15, 0.2) is 6.61 Å². The fourth-order valence-corrected chi connectivity index (χ4v) is 2.39. The van der Waals surface area contributed by atoms with Crippen LogP contribution in [0, 0.1) is 0 Å². The molecule has 0 bridgehead atoms. The Hall–Kier alpha value is -3.39. The zero-order valence-electron chi connectivity index (χ0n) is 15.7. The minimum atomic E-state index is -0.787. The van der Waals surface area contributed by atoms with E-state index in [0.717, 1.165) is 0 Å². The number of para-hydroxylation sites is 1. The SMILES string of the molecule is CCNC(=O)CNC(=O)COC(=O)c1ccccc1NC(=O)c1ccc(Cl)cc1. The molecule has 2 rings (SSSR count). The number of likely N-dealkylation sites (N-methyl/N-ethyl adjacent to an activating group) is 1. The van der Waals surface area contributed by atoms with E-state index < -0.39 is 24.4 Å². The smallest absolute Gasteiger partial charge is 0.340 e. The summed E-state index contributed by atoms with van der Waals surface area (Å²) in [6.07, 6.45) is 0. The molecule has 2 aromatic carbocycles. The van der Waals surface area contributed by atoms with Gasteiger partial charge >= 0.3 is 5.97 Å². The van der Waals surface area contributed by atoms with Gasteiger partial charge in [-0.25, -0.2) is 4.79 Å². The summed E-state index contributed by atoms with van der Waals surface area (Å²) in [5.41, 5.74) is 0.689. The highest BCUT2D eigenvalue weighted by Crippen LogP contribution is 2.18. The molecule has 0 aliphatic rings. The van der Waals surface area contributed by atoms with E-state index in [1.807, 2.05) is 0 Å². The standard InChI is InChI=1S/C20H20ClN3O5/c1-2-22-17(25)11-23-18(26)12-29-20(28)15-5-3-4-6-16(15)24-19(27)13-7-9-14(21)10-8-13/h3-10H,2,11-12H2,1H3,(H,22,25)(H,23,26)(H,24,27). The Balaban J connectivity index is 1.95. The largest absolute Gasteiger partial charge is 0.452 e. The van der Waals surface area contributed by atoms with Gasteiger partial charge in [-0.1, -0.05) is 23.7 Å². The second-order valence-electron chi connectivity index (χ2n) is 5.81. The molecular weight excluding hydrogens is 398 g/mol. The summed E-state index contributed by atoms with van der Waals surface area (Å²) in [6.45, 7) is 1.43. The van der Waals surface area contributed by atoms with Crippen LogP contribution >= 0.6 is 11.6 Å². The molecule has 2 aromatic rings. The van der Waals surface area contributed by atoms with E-state index >= 15 is 0 Å². The lowest BCUT2D eigenvalue weighted by Gasteiger charge is -2.11. The van der Waals surface area contributed by atoms with Crippen LogP contribution in [0.4, 0.5) is 5.69 Å². The summed E-state index contributed by atoms with van der Waals surface area (Å²) < 4.78 is 4.97. The van der Waals surface area contributed by atoms with E-state index in [1.165, 1.54) is 6.07 Å². The number of nitrogens with one attached hydrogen (secondary N) is 3. The minimum Gasteiger partial charge on any atom is -0.452 e. The van der Waals surface area contributed by atoms with Gasteiger partial charge in [0, 0.05) is 17.1 Å². The molecule has 0 fully saturated rings. The Kier molecular flexibility index (Phi) is 8.17. The lowest BCUT2D eigenvalue weighted by Crippen LogP contribution is -2.38. The maximum absolute atomic E-state index is 12.4. The molecule has 0 spiro atoms. The van der Waals surface area contributed by atoms with E-state index in [2.05, 4.69) is 16.0 Å². The molecule has 0 saturated carbocycles. The van der Waals surface area contributed by atoms with E-state index in [-0.39, 0.29) is 23.7 Å². The van der Waals surface area contributed by atoms with Gasteiger partial charge < -0.3 is 20.7 Å². The number of halogens is 1. The number of carbonyl (C=O) groups is 4. The Bertz CT molecular complexity index is 899. The van der Waals surface area contributed by atoms with Crippen LogP contribution in [0.15, 0.2) is 48.5 Å². The van der Waals surface area contributed by atoms with Gasteiger partial charge in [0.1, 0.15) is 0 Å². The molecule has 9 heteroatoms. The molecule has 8 nitrogen and oxygen atoms in total. The first kappa shape index (κ1) is 21.9. The number of hydrogen-bond donors (Lipinski definition) is 3. The number of benzene rings is 2. The molecule has 0 atom stereocenters. The molecule has 152 valence electrons. The first-order valence-electron chi connectivity index (χ1n) is 8.77. The van der Waals surface area contributed by atoms with Crippen LogP contribution < -0.4 is 16.0 Å². The van der Waals surface area contributed by atoms with Crippen molar-refractivity contribution in [2.45, 2.75) is 6.92 Å². The molecule has 29 heavy (non-hydrogen) atoms. The summed E-state index contributed by atoms with van der Waals surface area (Å²) in [5.74, 6) is -2.18. The molecule has 0 unspecified atom stereocenters. The van der Waals surface area contributed by atoms with Gasteiger partial charge in [0.05, 0.1) is 17.8 Å². The number of esters is 1. The lowest BCUT2D eigenvalue weighted by atomic mass is 10.1. The van der Waals surface area contributed by atoms with Gasteiger partial charge in [-0.2, -0.15) is 0 Å². The molecule has 0 aromatic heterocycles. The summed E-state index contributed by atoms with van der Waals surface area (Å²) in [5, 5.41) is 7.99. The van der Waals surface area contributed by atoms with Gasteiger partial charge in [0.2, 0.25) is 5.91 Å². The maximum Gasteiger partial charge on any atom is 0.340 e. The van der Waals surface area contributed by atoms with Gasteiger partial charge in [-0.05, 0) is 43.3 Å². The van der Waals surface area contributed by atoms with E-state index in [1.54, 1.807) is 49.4 Å². The van der Waals surface area contributed by atoms with Crippen LogP contribution in [0.25, 0.3) is 0 Å². The van der Waals surface area contributed by atoms with Crippen molar-refractivity contribution >= 4 is 41.0 Å². The van der Waals surface area contributed by atoms with Crippen LogP contribution in [0.2, 0.25) is 5.02 Å². The molecule has 0 saturated heterocycles. The average molecular weight is 418 g/mol. The van der Waals surface area contributed by atoms with Crippen molar-refractivity contribution in [1.82, 2.24) is 10.6 Å².